The number of hydrogen-bond acceptors (Lipinski definition) is 5. The quantitative estimate of drug-likeness (QED) is 0.671. The molecule has 2 aliphatic rings. The van der Waals surface area contributed by atoms with Crippen molar-refractivity contribution in [1.29, 1.82) is 0 Å². The summed E-state index contributed by atoms with van der Waals surface area (Å²) in [5.74, 6) is 0.236. The maximum atomic E-state index is 13.5. The number of carbonyl (C=O) groups excluding carboxylic acids is 2. The number of halogens is 1. The highest BCUT2D eigenvalue weighted by molar-refractivity contribution is 5.99. The fraction of sp³-hybridized carbons (Fsp3) is 0.500. The van der Waals surface area contributed by atoms with Crippen LogP contribution < -0.4 is 10.1 Å². The summed E-state index contributed by atoms with van der Waals surface area (Å²) >= 11 is 0. The second kappa shape index (κ2) is 11.4. The van der Waals surface area contributed by atoms with Gasteiger partial charge in [-0.25, -0.2) is 4.39 Å². The first-order valence-corrected chi connectivity index (χ1v) is 12.6. The Morgan fingerprint density at radius 1 is 1.14 bits per heavy atom. The van der Waals surface area contributed by atoms with Gasteiger partial charge in [0.15, 0.2) is 0 Å². The largest absolute Gasteiger partial charge is 0.491 e. The van der Waals surface area contributed by atoms with Crippen LogP contribution in [0.1, 0.15) is 42.6 Å². The highest BCUT2D eigenvalue weighted by Crippen LogP contribution is 2.32. The number of anilines is 1. The van der Waals surface area contributed by atoms with E-state index in [9.17, 15) is 14.0 Å². The molecule has 8 heteroatoms. The summed E-state index contributed by atoms with van der Waals surface area (Å²) in [7, 11) is 3.43. The summed E-state index contributed by atoms with van der Waals surface area (Å²) in [6.07, 6.45) is 1.66. The standard InChI is InChI=1S/C28H36FN3O4/c1-18-14-32(15-20-5-9-22(29)10-6-20)19(2)17-36-25-13-23(30-27(33)21-7-8-21)11-12-24(25)28(34)31(3)16-26(18)35-4/h5-6,9-13,18-19,21,26H,7-8,14-17H2,1-4H3,(H,30,33)/t18-,19-,26-/m0/s1. The van der Waals surface area contributed by atoms with Crippen molar-refractivity contribution in [2.24, 2.45) is 11.8 Å². The van der Waals surface area contributed by atoms with Gasteiger partial charge in [-0.15, -0.1) is 0 Å². The predicted octanol–water partition coefficient (Wildman–Crippen LogP) is 4.18. The Morgan fingerprint density at radius 2 is 1.86 bits per heavy atom. The maximum Gasteiger partial charge on any atom is 0.257 e. The zero-order valence-corrected chi connectivity index (χ0v) is 21.5. The first kappa shape index (κ1) is 26.1. The molecule has 0 unspecified atom stereocenters. The number of nitrogens with one attached hydrogen (secondary N) is 1. The van der Waals surface area contributed by atoms with Crippen molar-refractivity contribution >= 4 is 17.5 Å². The fourth-order valence-electron chi connectivity index (χ4n) is 4.56. The van der Waals surface area contributed by atoms with E-state index in [2.05, 4.69) is 24.1 Å². The average Bonchev–Trinajstić information content (AvgIpc) is 3.71. The first-order valence-electron chi connectivity index (χ1n) is 12.6. The fourth-order valence-corrected chi connectivity index (χ4v) is 4.56. The van der Waals surface area contributed by atoms with Gasteiger partial charge >= 0.3 is 0 Å². The van der Waals surface area contributed by atoms with Crippen molar-refractivity contribution in [2.75, 3.05) is 39.2 Å². The number of fused-ring (bicyclic) bond motifs is 1. The molecule has 1 fully saturated rings. The predicted molar refractivity (Wildman–Crippen MR) is 136 cm³/mol. The summed E-state index contributed by atoms with van der Waals surface area (Å²) in [4.78, 5) is 29.6. The van der Waals surface area contributed by atoms with Crippen molar-refractivity contribution in [3.05, 3.63) is 59.4 Å². The van der Waals surface area contributed by atoms with Crippen LogP contribution in [0.2, 0.25) is 0 Å². The van der Waals surface area contributed by atoms with Crippen molar-refractivity contribution in [3.63, 3.8) is 0 Å². The number of carbonyl (C=O) groups is 2. The number of benzene rings is 2. The van der Waals surface area contributed by atoms with Crippen LogP contribution in [0, 0.1) is 17.7 Å². The molecule has 1 aliphatic carbocycles. The second-order valence-electron chi connectivity index (χ2n) is 10.1. The third-order valence-electron chi connectivity index (χ3n) is 7.09. The van der Waals surface area contributed by atoms with E-state index in [0.717, 1.165) is 18.4 Å². The minimum absolute atomic E-state index is 0.000159. The topological polar surface area (TPSA) is 71.1 Å². The molecule has 36 heavy (non-hydrogen) atoms. The smallest absolute Gasteiger partial charge is 0.257 e. The molecule has 0 spiro atoms. The molecule has 1 heterocycles. The van der Waals surface area contributed by atoms with E-state index in [1.165, 1.54) is 12.1 Å². The van der Waals surface area contributed by atoms with Crippen molar-refractivity contribution in [2.45, 2.75) is 45.4 Å². The Labute approximate surface area is 212 Å². The van der Waals surface area contributed by atoms with E-state index in [4.69, 9.17) is 9.47 Å². The number of amides is 2. The SMILES string of the molecule is CO[C@H]1CN(C)C(=O)c2ccc(NC(=O)C3CC3)cc2OC[C@H](C)N(Cc2ccc(F)cc2)C[C@@H]1C. The van der Waals surface area contributed by atoms with Gasteiger partial charge in [0.05, 0.1) is 11.7 Å². The van der Waals surface area contributed by atoms with Gasteiger partial charge in [0.25, 0.3) is 5.91 Å². The molecule has 0 radical (unpaired) electrons. The lowest BCUT2D eigenvalue weighted by Crippen LogP contribution is -2.46. The molecule has 194 valence electrons. The number of hydrogen-bond donors (Lipinski definition) is 1. The Balaban J connectivity index is 1.62. The Hall–Kier alpha value is -2.97. The van der Waals surface area contributed by atoms with Gasteiger partial charge in [0, 0.05) is 57.5 Å². The minimum atomic E-state index is -0.259. The van der Waals surface area contributed by atoms with E-state index >= 15 is 0 Å². The van der Waals surface area contributed by atoms with Crippen molar-refractivity contribution in [3.8, 4) is 5.75 Å². The number of likely N-dealkylation sites (N-methyl/N-ethyl adjacent to an activating group) is 1. The molecule has 2 aromatic carbocycles. The van der Waals surface area contributed by atoms with Gasteiger partial charge in [-0.1, -0.05) is 19.1 Å². The molecule has 3 atom stereocenters. The van der Waals surface area contributed by atoms with Gasteiger partial charge in [-0.2, -0.15) is 0 Å². The maximum absolute atomic E-state index is 13.5. The highest BCUT2D eigenvalue weighted by atomic mass is 19.1. The lowest BCUT2D eigenvalue weighted by atomic mass is 10.0. The minimum Gasteiger partial charge on any atom is -0.491 e. The third kappa shape index (κ3) is 6.42. The molecular formula is C28H36FN3O4. The average molecular weight is 498 g/mol. The monoisotopic (exact) mass is 497 g/mol. The number of ether oxygens (including phenoxy) is 2. The number of methoxy groups -OCH3 is 1. The molecule has 7 nitrogen and oxygen atoms in total. The lowest BCUT2D eigenvalue weighted by Gasteiger charge is -2.36. The molecule has 1 aliphatic heterocycles. The second-order valence-corrected chi connectivity index (χ2v) is 10.1. The van der Waals surface area contributed by atoms with Gasteiger partial charge in [0.1, 0.15) is 18.2 Å². The van der Waals surface area contributed by atoms with E-state index in [0.29, 0.717) is 43.2 Å². The van der Waals surface area contributed by atoms with Gasteiger partial charge in [-0.3, -0.25) is 14.5 Å². The Bertz CT molecular complexity index is 1070. The molecule has 0 saturated heterocycles. The van der Waals surface area contributed by atoms with Crippen LogP contribution in [0.15, 0.2) is 42.5 Å². The summed E-state index contributed by atoms with van der Waals surface area (Å²) in [5, 5.41) is 2.94. The number of nitrogens with zero attached hydrogens (tertiary/aromatic N) is 2. The molecule has 0 bridgehead atoms. The van der Waals surface area contributed by atoms with E-state index in [1.54, 1.807) is 49.4 Å². The van der Waals surface area contributed by atoms with Crippen LogP contribution in [0.5, 0.6) is 5.75 Å². The van der Waals surface area contributed by atoms with Crippen LogP contribution >= 0.6 is 0 Å². The van der Waals surface area contributed by atoms with E-state index in [1.807, 2.05) is 0 Å². The van der Waals surface area contributed by atoms with E-state index in [-0.39, 0.29) is 41.6 Å². The molecular weight excluding hydrogens is 461 g/mol. The van der Waals surface area contributed by atoms with Crippen LogP contribution in [0.3, 0.4) is 0 Å². The molecule has 1 N–H and O–H groups in total. The van der Waals surface area contributed by atoms with Crippen LogP contribution in [-0.4, -0.2) is 67.6 Å². The van der Waals surface area contributed by atoms with Gasteiger partial charge in [-0.05, 0) is 55.5 Å². The molecule has 1 saturated carbocycles. The number of rotatable bonds is 5. The molecule has 2 amide bonds. The summed E-state index contributed by atoms with van der Waals surface area (Å²) in [5.41, 5.74) is 2.07. The van der Waals surface area contributed by atoms with Crippen molar-refractivity contribution < 1.29 is 23.5 Å². The zero-order chi connectivity index (χ0) is 25.8. The summed E-state index contributed by atoms with van der Waals surface area (Å²) in [6.45, 7) is 6.31. The van der Waals surface area contributed by atoms with Crippen LogP contribution in [-0.2, 0) is 16.1 Å². The molecule has 4 rings (SSSR count). The Kier molecular flexibility index (Phi) is 8.26. The molecule has 2 aromatic rings. The Morgan fingerprint density at radius 3 is 2.53 bits per heavy atom. The van der Waals surface area contributed by atoms with Crippen LogP contribution in [0.4, 0.5) is 10.1 Å². The molecule has 0 aromatic heterocycles. The van der Waals surface area contributed by atoms with Crippen molar-refractivity contribution in [1.82, 2.24) is 9.80 Å². The van der Waals surface area contributed by atoms with E-state index < -0.39 is 0 Å². The normalized spacial score (nSPS) is 23.8. The summed E-state index contributed by atoms with van der Waals surface area (Å²) < 4.78 is 25.5. The first-order chi connectivity index (χ1) is 17.2. The van der Waals surface area contributed by atoms with Gasteiger partial charge < -0.3 is 19.7 Å². The summed E-state index contributed by atoms with van der Waals surface area (Å²) in [6, 6.07) is 11.8. The lowest BCUT2D eigenvalue weighted by molar-refractivity contribution is -0.117. The van der Waals surface area contributed by atoms with Gasteiger partial charge in [0.2, 0.25) is 5.91 Å². The highest BCUT2D eigenvalue weighted by Gasteiger charge is 2.31. The van der Waals surface area contributed by atoms with Crippen LogP contribution in [0.25, 0.3) is 0 Å². The third-order valence-corrected chi connectivity index (χ3v) is 7.09. The zero-order valence-electron chi connectivity index (χ0n) is 21.5.